The zero-order valence-electron chi connectivity index (χ0n) is 10.1. The topological polar surface area (TPSA) is 83.5 Å². The summed E-state index contributed by atoms with van der Waals surface area (Å²) in [5.41, 5.74) is 0.454. The van der Waals surface area contributed by atoms with Gasteiger partial charge in [-0.25, -0.2) is 8.42 Å². The van der Waals surface area contributed by atoms with E-state index >= 15 is 0 Å². The molecule has 1 aromatic rings. The average molecular weight is 324 g/mol. The zero-order chi connectivity index (χ0) is 14.6. The van der Waals surface area contributed by atoms with Gasteiger partial charge in [-0.2, -0.15) is 17.4 Å². The number of benzene rings is 1. The molecule has 0 saturated heterocycles. The molecule has 8 heteroatoms. The van der Waals surface area contributed by atoms with Crippen molar-refractivity contribution in [2.24, 2.45) is 0 Å². The van der Waals surface area contributed by atoms with E-state index in [-0.39, 0.29) is 17.1 Å². The average Bonchev–Trinajstić information content (AvgIpc) is 2.27. The second-order valence-electron chi connectivity index (χ2n) is 3.93. The summed E-state index contributed by atoms with van der Waals surface area (Å²) < 4.78 is 26.4. The molecule has 0 radical (unpaired) electrons. The fourth-order valence-corrected chi connectivity index (χ4v) is 3.46. The molecule has 0 saturated carbocycles. The van der Waals surface area contributed by atoms with Crippen molar-refractivity contribution in [1.29, 1.82) is 0 Å². The summed E-state index contributed by atoms with van der Waals surface area (Å²) in [4.78, 5) is 11.0. The molecular formula is C11H14ClNO4S2. The van der Waals surface area contributed by atoms with Crippen molar-refractivity contribution in [3.8, 4) is 0 Å². The van der Waals surface area contributed by atoms with Gasteiger partial charge in [0.15, 0.2) is 0 Å². The van der Waals surface area contributed by atoms with Crippen molar-refractivity contribution < 1.29 is 18.3 Å². The van der Waals surface area contributed by atoms with Gasteiger partial charge in [0.2, 0.25) is 10.0 Å². The van der Waals surface area contributed by atoms with Crippen LogP contribution in [0.5, 0.6) is 0 Å². The highest BCUT2D eigenvalue weighted by atomic mass is 35.5. The van der Waals surface area contributed by atoms with Gasteiger partial charge >= 0.3 is 5.97 Å². The van der Waals surface area contributed by atoms with Crippen LogP contribution in [0, 0.1) is 6.92 Å². The summed E-state index contributed by atoms with van der Waals surface area (Å²) in [7, 11) is -3.90. The summed E-state index contributed by atoms with van der Waals surface area (Å²) in [5.74, 6) is -0.969. The zero-order valence-corrected chi connectivity index (χ0v) is 12.6. The van der Waals surface area contributed by atoms with E-state index in [0.717, 1.165) is 0 Å². The van der Waals surface area contributed by atoms with Crippen LogP contribution in [0.1, 0.15) is 12.0 Å². The fourth-order valence-electron chi connectivity index (χ4n) is 1.53. The first-order valence-electron chi connectivity index (χ1n) is 5.40. The predicted molar refractivity (Wildman–Crippen MR) is 76.4 cm³/mol. The molecule has 0 bridgehead atoms. The normalized spacial score (nSPS) is 13.2. The number of aryl methyl sites for hydroxylation is 1. The van der Waals surface area contributed by atoms with Gasteiger partial charge < -0.3 is 5.11 Å². The second kappa shape index (κ2) is 6.60. The monoisotopic (exact) mass is 323 g/mol. The summed E-state index contributed by atoms with van der Waals surface area (Å²) >= 11 is 9.66. The van der Waals surface area contributed by atoms with Crippen molar-refractivity contribution in [2.75, 3.05) is 5.75 Å². The maximum absolute atomic E-state index is 12.1. The van der Waals surface area contributed by atoms with E-state index in [4.69, 9.17) is 16.7 Å². The molecular weight excluding hydrogens is 310 g/mol. The Hall–Kier alpha value is -0.760. The molecule has 0 aliphatic rings. The van der Waals surface area contributed by atoms with Crippen LogP contribution < -0.4 is 4.72 Å². The molecule has 0 aliphatic heterocycles. The van der Waals surface area contributed by atoms with Crippen molar-refractivity contribution >= 4 is 40.2 Å². The Morgan fingerprint density at radius 3 is 2.63 bits per heavy atom. The lowest BCUT2D eigenvalue weighted by Crippen LogP contribution is -2.41. The third-order valence-corrected chi connectivity index (χ3v) is 4.56. The number of rotatable bonds is 6. The van der Waals surface area contributed by atoms with Crippen LogP contribution >= 0.6 is 24.2 Å². The number of hydrogen-bond acceptors (Lipinski definition) is 4. The highest BCUT2D eigenvalue weighted by Crippen LogP contribution is 2.20. The lowest BCUT2D eigenvalue weighted by Gasteiger charge is -2.15. The summed E-state index contributed by atoms with van der Waals surface area (Å²) in [6.45, 7) is 1.59. The van der Waals surface area contributed by atoms with Gasteiger partial charge in [-0.05, 0) is 42.9 Å². The molecule has 0 aliphatic carbocycles. The van der Waals surface area contributed by atoms with Crippen molar-refractivity contribution in [3.63, 3.8) is 0 Å². The van der Waals surface area contributed by atoms with Crippen molar-refractivity contribution in [3.05, 3.63) is 28.8 Å². The molecule has 5 nitrogen and oxygen atoms in total. The number of nitrogens with one attached hydrogen (secondary N) is 1. The molecule has 1 atom stereocenters. The highest BCUT2D eigenvalue weighted by Gasteiger charge is 2.25. The Morgan fingerprint density at radius 2 is 2.16 bits per heavy atom. The first-order chi connectivity index (χ1) is 8.77. The van der Waals surface area contributed by atoms with E-state index in [2.05, 4.69) is 17.4 Å². The van der Waals surface area contributed by atoms with E-state index in [1.807, 2.05) is 0 Å². The third-order valence-electron chi connectivity index (χ3n) is 2.44. The van der Waals surface area contributed by atoms with Crippen LogP contribution in [-0.4, -0.2) is 31.3 Å². The number of thiol groups is 1. The third kappa shape index (κ3) is 4.38. The largest absolute Gasteiger partial charge is 0.480 e. The lowest BCUT2D eigenvalue weighted by molar-refractivity contribution is -0.139. The minimum absolute atomic E-state index is 0.0160. The van der Waals surface area contributed by atoms with Gasteiger partial charge in [-0.3, -0.25) is 4.79 Å². The lowest BCUT2D eigenvalue weighted by atomic mass is 10.2. The van der Waals surface area contributed by atoms with E-state index < -0.39 is 22.0 Å². The standard InChI is InChI=1S/C11H14ClNO4S2/c1-7-6-8(12)2-3-10(7)19(16,17)13-9(4-5-18)11(14)15/h2-3,6,9,13,18H,4-5H2,1H3,(H,14,15). The first kappa shape index (κ1) is 16.3. The van der Waals surface area contributed by atoms with E-state index in [0.29, 0.717) is 10.6 Å². The quantitative estimate of drug-likeness (QED) is 0.696. The SMILES string of the molecule is Cc1cc(Cl)ccc1S(=O)(=O)NC(CCS)C(=O)O. The number of halogens is 1. The second-order valence-corrected chi connectivity index (χ2v) is 6.50. The molecule has 1 aromatic carbocycles. The Balaban J connectivity index is 3.06. The molecule has 1 unspecified atom stereocenters. The van der Waals surface area contributed by atoms with Gasteiger partial charge in [-0.1, -0.05) is 11.6 Å². The highest BCUT2D eigenvalue weighted by molar-refractivity contribution is 7.89. The Bertz CT molecular complexity index is 574. The summed E-state index contributed by atoms with van der Waals surface area (Å²) in [6, 6.07) is 3.10. The number of carboxylic acid groups (broad SMARTS) is 1. The van der Waals surface area contributed by atoms with Gasteiger partial charge in [0.1, 0.15) is 6.04 Å². The van der Waals surface area contributed by atoms with Crippen LogP contribution in [0.2, 0.25) is 5.02 Å². The Morgan fingerprint density at radius 1 is 1.53 bits per heavy atom. The van der Waals surface area contributed by atoms with Crippen LogP contribution in [0.3, 0.4) is 0 Å². The minimum Gasteiger partial charge on any atom is -0.480 e. The molecule has 0 aromatic heterocycles. The maximum atomic E-state index is 12.1. The fraction of sp³-hybridized carbons (Fsp3) is 0.364. The molecule has 106 valence electrons. The smallest absolute Gasteiger partial charge is 0.321 e. The van der Waals surface area contributed by atoms with Crippen molar-refractivity contribution in [1.82, 2.24) is 4.72 Å². The molecule has 19 heavy (non-hydrogen) atoms. The number of sulfonamides is 1. The van der Waals surface area contributed by atoms with E-state index in [9.17, 15) is 13.2 Å². The van der Waals surface area contributed by atoms with Gasteiger partial charge in [0, 0.05) is 5.02 Å². The van der Waals surface area contributed by atoms with Gasteiger partial charge in [0.05, 0.1) is 4.90 Å². The van der Waals surface area contributed by atoms with Crippen molar-refractivity contribution in [2.45, 2.75) is 24.3 Å². The molecule has 0 amide bonds. The molecule has 2 N–H and O–H groups in total. The van der Waals surface area contributed by atoms with E-state index in [1.165, 1.54) is 18.2 Å². The number of carboxylic acids is 1. The number of aliphatic carboxylic acids is 1. The molecule has 0 heterocycles. The summed E-state index contributed by atoms with van der Waals surface area (Å²) in [6.07, 6.45) is 0.101. The van der Waals surface area contributed by atoms with Crippen LogP contribution in [0.25, 0.3) is 0 Å². The summed E-state index contributed by atoms with van der Waals surface area (Å²) in [5, 5.41) is 9.36. The number of carbonyl (C=O) groups is 1. The predicted octanol–water partition coefficient (Wildman–Crippen LogP) is 1.70. The Labute approximate surface area is 122 Å². The Kier molecular flexibility index (Phi) is 5.66. The molecule has 0 fully saturated rings. The van der Waals surface area contributed by atoms with Crippen LogP contribution in [0.15, 0.2) is 23.1 Å². The van der Waals surface area contributed by atoms with Gasteiger partial charge in [0.25, 0.3) is 0 Å². The van der Waals surface area contributed by atoms with Crippen LogP contribution in [-0.2, 0) is 14.8 Å². The minimum atomic E-state index is -3.90. The molecule has 0 spiro atoms. The number of hydrogen-bond donors (Lipinski definition) is 3. The molecule has 1 rings (SSSR count). The first-order valence-corrected chi connectivity index (χ1v) is 7.89. The van der Waals surface area contributed by atoms with Gasteiger partial charge in [-0.15, -0.1) is 0 Å². The van der Waals surface area contributed by atoms with E-state index in [1.54, 1.807) is 6.92 Å². The van der Waals surface area contributed by atoms with Crippen LogP contribution in [0.4, 0.5) is 0 Å². The maximum Gasteiger partial charge on any atom is 0.321 e.